The van der Waals surface area contributed by atoms with Gasteiger partial charge in [-0.15, -0.1) is 0 Å². The van der Waals surface area contributed by atoms with Crippen molar-refractivity contribution < 1.29 is 19.0 Å². The second-order valence-electron chi connectivity index (χ2n) is 6.61. The highest BCUT2D eigenvalue weighted by molar-refractivity contribution is 6.32. The van der Waals surface area contributed by atoms with Gasteiger partial charge in [0.15, 0.2) is 0 Å². The first-order valence-electron chi connectivity index (χ1n) is 9.31. The predicted molar refractivity (Wildman–Crippen MR) is 111 cm³/mol. The van der Waals surface area contributed by atoms with Gasteiger partial charge in [-0.1, -0.05) is 23.7 Å². The molecule has 1 aliphatic carbocycles. The van der Waals surface area contributed by atoms with Gasteiger partial charge in [-0.25, -0.2) is 0 Å². The monoisotopic (exact) mass is 404 g/mol. The van der Waals surface area contributed by atoms with Crippen molar-refractivity contribution >= 4 is 28.9 Å². The Labute approximate surface area is 170 Å². The number of rotatable bonds is 8. The molecule has 2 N–H and O–H groups in total. The Morgan fingerprint density at radius 3 is 2.46 bits per heavy atom. The minimum Gasteiger partial charge on any atom is -0.495 e. The van der Waals surface area contributed by atoms with E-state index in [2.05, 4.69) is 10.6 Å². The van der Waals surface area contributed by atoms with Crippen LogP contribution in [-0.4, -0.2) is 32.8 Å². The summed E-state index contributed by atoms with van der Waals surface area (Å²) >= 11 is 6.10. The smallest absolute Gasteiger partial charge is 0.243 e. The van der Waals surface area contributed by atoms with Crippen molar-refractivity contribution in [2.24, 2.45) is 0 Å². The minimum absolute atomic E-state index is 0.0825. The van der Waals surface area contributed by atoms with Gasteiger partial charge in [-0.2, -0.15) is 0 Å². The fraction of sp³-hybridized carbons (Fsp3) is 0.381. The van der Waals surface area contributed by atoms with Crippen molar-refractivity contribution in [2.75, 3.05) is 31.4 Å². The number of hydrogen-bond acceptors (Lipinski definition) is 5. The molecule has 0 atom stereocenters. The van der Waals surface area contributed by atoms with Crippen LogP contribution in [0.4, 0.5) is 11.4 Å². The fourth-order valence-corrected chi connectivity index (χ4v) is 3.46. The lowest BCUT2D eigenvalue weighted by Gasteiger charge is -2.17. The van der Waals surface area contributed by atoms with Gasteiger partial charge in [0.1, 0.15) is 17.2 Å². The summed E-state index contributed by atoms with van der Waals surface area (Å²) in [4.78, 5) is 12.5. The van der Waals surface area contributed by atoms with Gasteiger partial charge in [0.25, 0.3) is 0 Å². The van der Waals surface area contributed by atoms with E-state index < -0.39 is 0 Å². The first-order chi connectivity index (χ1) is 13.6. The lowest BCUT2D eigenvalue weighted by Crippen LogP contribution is -2.22. The average Bonchev–Trinajstić information content (AvgIpc) is 3.21. The van der Waals surface area contributed by atoms with Crippen LogP contribution >= 0.6 is 11.6 Å². The Morgan fingerprint density at radius 1 is 1.04 bits per heavy atom. The van der Waals surface area contributed by atoms with Crippen molar-refractivity contribution in [1.82, 2.24) is 0 Å². The molecule has 0 radical (unpaired) electrons. The van der Waals surface area contributed by atoms with E-state index in [0.29, 0.717) is 22.2 Å². The number of anilines is 2. The number of ether oxygens (including phenoxy) is 3. The van der Waals surface area contributed by atoms with Crippen molar-refractivity contribution in [2.45, 2.75) is 31.8 Å². The molecule has 3 rings (SSSR count). The summed E-state index contributed by atoms with van der Waals surface area (Å²) in [5, 5.41) is 6.38. The van der Waals surface area contributed by atoms with Crippen LogP contribution in [0.5, 0.6) is 17.2 Å². The van der Waals surface area contributed by atoms with Gasteiger partial charge >= 0.3 is 0 Å². The molecule has 2 aromatic rings. The Morgan fingerprint density at radius 2 is 1.75 bits per heavy atom. The van der Waals surface area contributed by atoms with Crippen LogP contribution in [0.1, 0.15) is 25.7 Å². The van der Waals surface area contributed by atoms with Crippen molar-refractivity contribution in [3.8, 4) is 17.2 Å². The normalized spacial score (nSPS) is 13.8. The summed E-state index contributed by atoms with van der Waals surface area (Å²) in [5.41, 5.74) is 1.29. The van der Waals surface area contributed by atoms with E-state index in [4.69, 9.17) is 25.8 Å². The molecule has 0 bridgehead atoms. The number of carbonyl (C=O) groups is 1. The Hall–Kier alpha value is -2.60. The minimum atomic E-state index is -0.224. The van der Waals surface area contributed by atoms with Crippen molar-refractivity contribution in [1.29, 1.82) is 0 Å². The first-order valence-corrected chi connectivity index (χ1v) is 9.69. The summed E-state index contributed by atoms with van der Waals surface area (Å²) in [5.74, 6) is 1.47. The van der Waals surface area contributed by atoms with Crippen LogP contribution in [0.15, 0.2) is 36.4 Å². The number of hydrogen-bond donors (Lipinski definition) is 2. The molecule has 0 heterocycles. The highest BCUT2D eigenvalue weighted by atomic mass is 35.5. The quantitative estimate of drug-likeness (QED) is 0.665. The molecule has 0 spiro atoms. The molecule has 0 aliphatic heterocycles. The van der Waals surface area contributed by atoms with E-state index in [-0.39, 0.29) is 18.6 Å². The first kappa shape index (κ1) is 20.1. The predicted octanol–water partition coefficient (Wildman–Crippen LogP) is 4.73. The van der Waals surface area contributed by atoms with Crippen LogP contribution < -0.4 is 24.8 Å². The lowest BCUT2D eigenvalue weighted by molar-refractivity contribution is -0.114. The second kappa shape index (κ2) is 9.55. The number of amides is 1. The van der Waals surface area contributed by atoms with E-state index in [1.807, 2.05) is 24.3 Å². The van der Waals surface area contributed by atoms with Gasteiger partial charge in [-0.05, 0) is 37.8 Å². The Bertz CT molecular complexity index is 822. The van der Waals surface area contributed by atoms with Gasteiger partial charge in [0, 0.05) is 12.1 Å². The number of halogens is 1. The molecule has 0 aromatic heterocycles. The SMILES string of the molecule is COc1cc(NC(=O)CNc2ccccc2OC2CCCC2)c(OC)cc1Cl. The molecule has 1 fully saturated rings. The zero-order chi connectivity index (χ0) is 19.9. The Balaban J connectivity index is 1.63. The lowest BCUT2D eigenvalue weighted by atomic mass is 10.2. The molecular weight excluding hydrogens is 380 g/mol. The summed E-state index contributed by atoms with van der Waals surface area (Å²) in [6.45, 7) is 0.0825. The van der Waals surface area contributed by atoms with Crippen LogP contribution in [0.25, 0.3) is 0 Å². The topological polar surface area (TPSA) is 68.8 Å². The standard InChI is InChI=1S/C21H25ClN2O4/c1-26-19-12-17(20(27-2)11-15(19)22)24-21(25)13-23-16-9-5-6-10-18(16)28-14-7-3-4-8-14/h5-6,9-12,14,23H,3-4,7-8,13H2,1-2H3,(H,24,25). The van der Waals surface area contributed by atoms with Crippen molar-refractivity contribution in [3.63, 3.8) is 0 Å². The molecule has 6 nitrogen and oxygen atoms in total. The molecule has 0 unspecified atom stereocenters. The molecule has 7 heteroatoms. The van der Waals surface area contributed by atoms with Crippen LogP contribution in [-0.2, 0) is 4.79 Å². The fourth-order valence-electron chi connectivity index (χ4n) is 3.23. The molecule has 2 aromatic carbocycles. The van der Waals surface area contributed by atoms with E-state index in [1.165, 1.54) is 27.1 Å². The maximum absolute atomic E-state index is 12.5. The number of para-hydroxylation sites is 2. The number of methoxy groups -OCH3 is 2. The molecule has 1 amide bonds. The highest BCUT2D eigenvalue weighted by Crippen LogP contribution is 2.36. The van der Waals surface area contributed by atoms with E-state index in [1.54, 1.807) is 12.1 Å². The third kappa shape index (κ3) is 5.01. The molecule has 1 aliphatic rings. The third-order valence-corrected chi connectivity index (χ3v) is 4.97. The second-order valence-corrected chi connectivity index (χ2v) is 7.02. The number of carbonyl (C=O) groups excluding carboxylic acids is 1. The van der Waals surface area contributed by atoms with Gasteiger partial charge in [0.05, 0.1) is 43.3 Å². The van der Waals surface area contributed by atoms with E-state index >= 15 is 0 Å². The van der Waals surface area contributed by atoms with Gasteiger partial charge in [0.2, 0.25) is 5.91 Å². The maximum Gasteiger partial charge on any atom is 0.243 e. The van der Waals surface area contributed by atoms with E-state index in [0.717, 1.165) is 24.3 Å². The highest BCUT2D eigenvalue weighted by Gasteiger charge is 2.18. The average molecular weight is 405 g/mol. The zero-order valence-electron chi connectivity index (χ0n) is 16.1. The molecule has 0 saturated heterocycles. The van der Waals surface area contributed by atoms with Gasteiger partial charge in [-0.3, -0.25) is 4.79 Å². The largest absolute Gasteiger partial charge is 0.495 e. The van der Waals surface area contributed by atoms with Crippen LogP contribution in [0.2, 0.25) is 5.02 Å². The Kier molecular flexibility index (Phi) is 6.87. The van der Waals surface area contributed by atoms with Crippen LogP contribution in [0.3, 0.4) is 0 Å². The summed E-state index contributed by atoms with van der Waals surface area (Å²) in [7, 11) is 3.03. The number of benzene rings is 2. The van der Waals surface area contributed by atoms with Crippen molar-refractivity contribution in [3.05, 3.63) is 41.4 Å². The van der Waals surface area contributed by atoms with Crippen LogP contribution in [0, 0.1) is 0 Å². The maximum atomic E-state index is 12.5. The van der Waals surface area contributed by atoms with Gasteiger partial charge < -0.3 is 24.8 Å². The zero-order valence-corrected chi connectivity index (χ0v) is 16.8. The van der Waals surface area contributed by atoms with E-state index in [9.17, 15) is 4.79 Å². The third-order valence-electron chi connectivity index (χ3n) is 4.67. The summed E-state index contributed by atoms with van der Waals surface area (Å²) in [6.07, 6.45) is 4.81. The molecule has 28 heavy (non-hydrogen) atoms. The number of nitrogens with one attached hydrogen (secondary N) is 2. The summed E-state index contributed by atoms with van der Waals surface area (Å²) < 4.78 is 16.6. The molecule has 1 saturated carbocycles. The summed E-state index contributed by atoms with van der Waals surface area (Å²) in [6, 6.07) is 10.9. The molecular formula is C21H25ClN2O4. The molecule has 150 valence electrons.